The number of nitrogens with one attached hydrogen (secondary N) is 1. The van der Waals surface area contributed by atoms with Crippen molar-refractivity contribution in [3.63, 3.8) is 0 Å². The van der Waals surface area contributed by atoms with E-state index in [0.29, 0.717) is 0 Å². The van der Waals surface area contributed by atoms with Crippen LogP contribution in [0.2, 0.25) is 0 Å². The van der Waals surface area contributed by atoms with E-state index in [1.165, 1.54) is 40.7 Å². The van der Waals surface area contributed by atoms with E-state index >= 15 is 0 Å². The highest BCUT2D eigenvalue weighted by atomic mass is 32.2. The number of benzene rings is 2. The molecule has 28 heavy (non-hydrogen) atoms. The number of halogens is 2. The zero-order chi connectivity index (χ0) is 20.3. The molecule has 8 heteroatoms. The quantitative estimate of drug-likeness (QED) is 0.808. The van der Waals surface area contributed by atoms with Gasteiger partial charge in [-0.3, -0.25) is 4.79 Å². The first-order chi connectivity index (χ1) is 13.3. The van der Waals surface area contributed by atoms with E-state index in [9.17, 15) is 22.0 Å². The number of nitrogens with zero attached hydrogens (tertiary/aromatic N) is 1. The van der Waals surface area contributed by atoms with Gasteiger partial charge in [0, 0.05) is 18.8 Å². The minimum Gasteiger partial charge on any atom is -0.322 e. The van der Waals surface area contributed by atoms with Crippen LogP contribution in [0.4, 0.5) is 14.5 Å². The van der Waals surface area contributed by atoms with Gasteiger partial charge in [0.05, 0.1) is 10.5 Å². The SMILES string of the molecule is CN(C1CCCCC1)S(=O)(=O)c1ccc(NC(=O)c2cccc(F)c2F)cc1. The van der Waals surface area contributed by atoms with Crippen LogP contribution in [0.5, 0.6) is 0 Å². The van der Waals surface area contributed by atoms with Gasteiger partial charge < -0.3 is 5.32 Å². The Bertz CT molecular complexity index is 956. The Kier molecular flexibility index (Phi) is 6.10. The van der Waals surface area contributed by atoms with Gasteiger partial charge in [0.15, 0.2) is 11.6 Å². The smallest absolute Gasteiger partial charge is 0.258 e. The zero-order valence-corrected chi connectivity index (χ0v) is 16.3. The molecule has 0 bridgehead atoms. The van der Waals surface area contributed by atoms with E-state index in [0.717, 1.165) is 38.2 Å². The lowest BCUT2D eigenvalue weighted by Crippen LogP contribution is -2.38. The summed E-state index contributed by atoms with van der Waals surface area (Å²) in [5, 5.41) is 2.44. The molecule has 0 unspecified atom stereocenters. The summed E-state index contributed by atoms with van der Waals surface area (Å²) in [4.78, 5) is 12.3. The predicted molar refractivity (Wildman–Crippen MR) is 103 cm³/mol. The Labute approximate surface area is 163 Å². The van der Waals surface area contributed by atoms with Gasteiger partial charge >= 0.3 is 0 Å². The van der Waals surface area contributed by atoms with Crippen LogP contribution < -0.4 is 5.32 Å². The highest BCUT2D eigenvalue weighted by Gasteiger charge is 2.29. The molecular weight excluding hydrogens is 386 g/mol. The Morgan fingerprint density at radius 2 is 1.68 bits per heavy atom. The first-order valence-corrected chi connectivity index (χ1v) is 10.6. The summed E-state index contributed by atoms with van der Waals surface area (Å²) in [7, 11) is -2.05. The number of hydrogen-bond donors (Lipinski definition) is 1. The Hall–Kier alpha value is -2.32. The summed E-state index contributed by atoms with van der Waals surface area (Å²) >= 11 is 0. The molecule has 3 rings (SSSR count). The van der Waals surface area contributed by atoms with Crippen LogP contribution in [-0.4, -0.2) is 31.7 Å². The number of carbonyl (C=O) groups is 1. The largest absolute Gasteiger partial charge is 0.322 e. The van der Waals surface area contributed by atoms with Crippen molar-refractivity contribution in [2.45, 2.75) is 43.0 Å². The van der Waals surface area contributed by atoms with Crippen LogP contribution in [0.1, 0.15) is 42.5 Å². The summed E-state index contributed by atoms with van der Waals surface area (Å²) in [6, 6.07) is 8.98. The van der Waals surface area contributed by atoms with Crippen molar-refractivity contribution in [1.82, 2.24) is 4.31 Å². The molecule has 2 aromatic rings. The molecular formula is C20H22F2N2O3S. The average Bonchev–Trinajstić information content (AvgIpc) is 2.70. The van der Waals surface area contributed by atoms with Crippen molar-refractivity contribution >= 4 is 21.6 Å². The Balaban J connectivity index is 1.74. The molecule has 1 amide bonds. The van der Waals surface area contributed by atoms with Crippen LogP contribution in [0.25, 0.3) is 0 Å². The molecule has 1 saturated carbocycles. The molecule has 0 saturated heterocycles. The summed E-state index contributed by atoms with van der Waals surface area (Å²) < 4.78 is 54.0. The molecule has 2 aromatic carbocycles. The normalized spacial score (nSPS) is 15.6. The van der Waals surface area contributed by atoms with E-state index in [2.05, 4.69) is 5.32 Å². The fourth-order valence-corrected chi connectivity index (χ4v) is 4.81. The van der Waals surface area contributed by atoms with Gasteiger partial charge in [0.25, 0.3) is 5.91 Å². The molecule has 0 aromatic heterocycles. The molecule has 0 radical (unpaired) electrons. The highest BCUT2D eigenvalue weighted by molar-refractivity contribution is 7.89. The third-order valence-corrected chi connectivity index (χ3v) is 7.00. The number of carbonyl (C=O) groups excluding carboxylic acids is 1. The lowest BCUT2D eigenvalue weighted by molar-refractivity contribution is 0.102. The van der Waals surface area contributed by atoms with Crippen molar-refractivity contribution in [3.8, 4) is 0 Å². The molecule has 5 nitrogen and oxygen atoms in total. The second-order valence-electron chi connectivity index (χ2n) is 6.89. The maximum Gasteiger partial charge on any atom is 0.258 e. The van der Waals surface area contributed by atoms with Crippen LogP contribution in [-0.2, 0) is 10.0 Å². The van der Waals surface area contributed by atoms with Gasteiger partial charge in [-0.25, -0.2) is 17.2 Å². The van der Waals surface area contributed by atoms with Crippen LogP contribution in [0.15, 0.2) is 47.4 Å². The first-order valence-electron chi connectivity index (χ1n) is 9.14. The molecule has 0 aliphatic heterocycles. The molecule has 150 valence electrons. The van der Waals surface area contributed by atoms with Crippen molar-refractivity contribution in [3.05, 3.63) is 59.7 Å². The first kappa shape index (κ1) is 20.4. The number of sulfonamides is 1. The molecule has 0 heterocycles. The van der Waals surface area contributed by atoms with Crippen LogP contribution >= 0.6 is 0 Å². The van der Waals surface area contributed by atoms with Gasteiger partial charge in [0.2, 0.25) is 10.0 Å². The summed E-state index contributed by atoms with van der Waals surface area (Å²) in [5.41, 5.74) is -0.137. The van der Waals surface area contributed by atoms with E-state index in [1.54, 1.807) is 7.05 Å². The Morgan fingerprint density at radius 1 is 1.04 bits per heavy atom. The summed E-state index contributed by atoms with van der Waals surface area (Å²) in [5.74, 6) is -3.15. The van der Waals surface area contributed by atoms with E-state index in [4.69, 9.17) is 0 Å². The maximum absolute atomic E-state index is 13.7. The van der Waals surface area contributed by atoms with Crippen molar-refractivity contribution in [2.24, 2.45) is 0 Å². The number of amides is 1. The standard InChI is InChI=1S/C20H22F2N2O3S/c1-24(15-6-3-2-4-7-15)28(26,27)16-12-10-14(11-13-16)23-20(25)17-8-5-9-18(21)19(17)22/h5,8-13,15H,2-4,6-7H2,1H3,(H,23,25). The monoisotopic (exact) mass is 408 g/mol. The maximum atomic E-state index is 13.7. The number of anilines is 1. The number of rotatable bonds is 5. The summed E-state index contributed by atoms with van der Waals surface area (Å²) in [6.07, 6.45) is 4.87. The second kappa shape index (κ2) is 8.36. The van der Waals surface area contributed by atoms with Gasteiger partial charge in [-0.15, -0.1) is 0 Å². The van der Waals surface area contributed by atoms with Gasteiger partial charge in [-0.1, -0.05) is 25.3 Å². The van der Waals surface area contributed by atoms with E-state index < -0.39 is 33.1 Å². The van der Waals surface area contributed by atoms with Crippen molar-refractivity contribution in [1.29, 1.82) is 0 Å². The van der Waals surface area contributed by atoms with E-state index in [1.807, 2.05) is 0 Å². The highest BCUT2D eigenvalue weighted by Crippen LogP contribution is 2.27. The minimum atomic E-state index is -3.64. The predicted octanol–water partition coefficient (Wildman–Crippen LogP) is 4.17. The minimum absolute atomic E-state index is 0.00548. The fraction of sp³-hybridized carbons (Fsp3) is 0.350. The third-order valence-electron chi connectivity index (χ3n) is 5.07. The molecule has 0 atom stereocenters. The molecule has 1 aliphatic carbocycles. The van der Waals surface area contributed by atoms with Gasteiger partial charge in [-0.2, -0.15) is 4.31 Å². The molecule has 1 fully saturated rings. The third kappa shape index (κ3) is 4.23. The topological polar surface area (TPSA) is 66.5 Å². The molecule has 1 N–H and O–H groups in total. The number of hydrogen-bond acceptors (Lipinski definition) is 3. The zero-order valence-electron chi connectivity index (χ0n) is 15.5. The average molecular weight is 408 g/mol. The van der Waals surface area contributed by atoms with E-state index in [-0.39, 0.29) is 16.6 Å². The van der Waals surface area contributed by atoms with Crippen molar-refractivity contribution in [2.75, 3.05) is 12.4 Å². The van der Waals surface area contributed by atoms with Crippen LogP contribution in [0, 0.1) is 11.6 Å². The van der Waals surface area contributed by atoms with Gasteiger partial charge in [-0.05, 0) is 49.2 Å². The molecule has 0 spiro atoms. The Morgan fingerprint density at radius 3 is 2.32 bits per heavy atom. The van der Waals surface area contributed by atoms with Crippen molar-refractivity contribution < 1.29 is 22.0 Å². The van der Waals surface area contributed by atoms with Crippen LogP contribution in [0.3, 0.4) is 0 Å². The summed E-state index contributed by atoms with van der Waals surface area (Å²) in [6.45, 7) is 0. The molecule has 1 aliphatic rings. The fourth-order valence-electron chi connectivity index (χ4n) is 3.39. The lowest BCUT2D eigenvalue weighted by Gasteiger charge is -2.30. The lowest BCUT2D eigenvalue weighted by atomic mass is 9.96. The van der Waals surface area contributed by atoms with Gasteiger partial charge in [0.1, 0.15) is 0 Å². The second-order valence-corrected chi connectivity index (χ2v) is 8.89.